The summed E-state index contributed by atoms with van der Waals surface area (Å²) >= 11 is 0. The molecule has 0 amide bonds. The second-order valence-corrected chi connectivity index (χ2v) is 5.45. The summed E-state index contributed by atoms with van der Waals surface area (Å²) in [6.07, 6.45) is 5.06. The molecule has 3 heteroatoms. The second kappa shape index (κ2) is 4.55. The molecule has 1 fully saturated rings. The molecule has 1 heterocycles. The van der Waals surface area contributed by atoms with Gasteiger partial charge < -0.3 is 4.98 Å². The number of ketones is 1. The first kappa shape index (κ1) is 12.0. The van der Waals surface area contributed by atoms with Crippen molar-refractivity contribution in [1.29, 1.82) is 5.26 Å². The van der Waals surface area contributed by atoms with Gasteiger partial charge in [-0.2, -0.15) is 5.26 Å². The van der Waals surface area contributed by atoms with Gasteiger partial charge in [-0.3, -0.25) is 4.79 Å². The standard InChI is InChI=1S/C16H16N2O/c1-10-3-2-4-12(10)16(19)14-9-18-15-6-5-11(8-17)7-13(14)15/h5-7,9-10,12,18H,2-4H2,1H3. The molecule has 1 aromatic heterocycles. The van der Waals surface area contributed by atoms with Crippen LogP contribution in [-0.4, -0.2) is 10.8 Å². The van der Waals surface area contributed by atoms with Gasteiger partial charge >= 0.3 is 0 Å². The van der Waals surface area contributed by atoms with Crippen molar-refractivity contribution < 1.29 is 4.79 Å². The molecule has 2 unspecified atom stereocenters. The van der Waals surface area contributed by atoms with Crippen LogP contribution < -0.4 is 0 Å². The fourth-order valence-electron chi connectivity index (χ4n) is 3.13. The monoisotopic (exact) mass is 252 g/mol. The van der Waals surface area contributed by atoms with Crippen LogP contribution >= 0.6 is 0 Å². The first-order valence-corrected chi connectivity index (χ1v) is 6.76. The number of hydrogen-bond acceptors (Lipinski definition) is 2. The van der Waals surface area contributed by atoms with Gasteiger partial charge in [0.05, 0.1) is 11.6 Å². The first-order valence-electron chi connectivity index (χ1n) is 6.76. The number of benzene rings is 1. The van der Waals surface area contributed by atoms with Crippen LogP contribution in [0.25, 0.3) is 10.9 Å². The van der Waals surface area contributed by atoms with E-state index < -0.39 is 0 Å². The Morgan fingerprint density at radius 1 is 1.42 bits per heavy atom. The van der Waals surface area contributed by atoms with E-state index in [2.05, 4.69) is 18.0 Å². The quantitative estimate of drug-likeness (QED) is 0.829. The molecule has 0 spiro atoms. The van der Waals surface area contributed by atoms with Gasteiger partial charge in [0.2, 0.25) is 0 Å². The zero-order chi connectivity index (χ0) is 13.4. The SMILES string of the molecule is CC1CCCC1C(=O)c1c[nH]c2ccc(C#N)cc12. The highest BCUT2D eigenvalue weighted by Gasteiger charge is 2.31. The minimum absolute atomic E-state index is 0.143. The molecule has 3 rings (SSSR count). The lowest BCUT2D eigenvalue weighted by atomic mass is 9.89. The Kier molecular flexibility index (Phi) is 2.87. The van der Waals surface area contributed by atoms with E-state index in [4.69, 9.17) is 5.26 Å². The van der Waals surface area contributed by atoms with Crippen molar-refractivity contribution in [2.75, 3.05) is 0 Å². The van der Waals surface area contributed by atoms with Gasteiger partial charge in [-0.25, -0.2) is 0 Å². The van der Waals surface area contributed by atoms with E-state index in [0.717, 1.165) is 35.7 Å². The molecule has 96 valence electrons. The predicted molar refractivity (Wildman–Crippen MR) is 73.8 cm³/mol. The highest BCUT2D eigenvalue weighted by Crippen LogP contribution is 2.35. The molecule has 1 N–H and O–H groups in total. The summed E-state index contributed by atoms with van der Waals surface area (Å²) in [5.41, 5.74) is 2.26. The number of carbonyl (C=O) groups is 1. The second-order valence-electron chi connectivity index (χ2n) is 5.45. The number of rotatable bonds is 2. The van der Waals surface area contributed by atoms with E-state index in [1.165, 1.54) is 0 Å². The van der Waals surface area contributed by atoms with Crippen LogP contribution in [-0.2, 0) is 0 Å². The number of aromatic amines is 1. The minimum Gasteiger partial charge on any atom is -0.360 e. The lowest BCUT2D eigenvalue weighted by Gasteiger charge is -2.13. The highest BCUT2D eigenvalue weighted by molar-refractivity contribution is 6.09. The van der Waals surface area contributed by atoms with E-state index in [1.807, 2.05) is 6.07 Å². The average Bonchev–Trinajstić information content (AvgIpc) is 3.03. The van der Waals surface area contributed by atoms with Crippen molar-refractivity contribution in [3.63, 3.8) is 0 Å². The summed E-state index contributed by atoms with van der Waals surface area (Å²) in [7, 11) is 0. The third-order valence-corrected chi connectivity index (χ3v) is 4.27. The Bertz CT molecular complexity index is 678. The van der Waals surface area contributed by atoms with Gasteiger partial charge in [-0.05, 0) is 37.0 Å². The number of nitrogens with one attached hydrogen (secondary N) is 1. The molecule has 1 aliphatic rings. The number of H-pyrrole nitrogens is 1. The van der Waals surface area contributed by atoms with Gasteiger partial charge in [0, 0.05) is 28.6 Å². The number of nitriles is 1. The van der Waals surface area contributed by atoms with Gasteiger partial charge in [-0.1, -0.05) is 13.3 Å². The molecule has 19 heavy (non-hydrogen) atoms. The Morgan fingerprint density at radius 2 is 2.26 bits per heavy atom. The number of nitrogens with zero attached hydrogens (tertiary/aromatic N) is 1. The summed E-state index contributed by atoms with van der Waals surface area (Å²) in [5, 5.41) is 9.85. The lowest BCUT2D eigenvalue weighted by Crippen LogP contribution is -2.16. The lowest BCUT2D eigenvalue weighted by molar-refractivity contribution is 0.0899. The van der Waals surface area contributed by atoms with Crippen molar-refractivity contribution >= 4 is 16.7 Å². The molecular formula is C16H16N2O. The van der Waals surface area contributed by atoms with E-state index in [-0.39, 0.29) is 11.7 Å². The maximum absolute atomic E-state index is 12.6. The molecule has 0 aliphatic heterocycles. The van der Waals surface area contributed by atoms with Gasteiger partial charge in [0.15, 0.2) is 5.78 Å². The topological polar surface area (TPSA) is 56.6 Å². The summed E-state index contributed by atoms with van der Waals surface area (Å²) in [6.45, 7) is 2.16. The van der Waals surface area contributed by atoms with Crippen LogP contribution in [0.3, 0.4) is 0 Å². The van der Waals surface area contributed by atoms with E-state index >= 15 is 0 Å². The van der Waals surface area contributed by atoms with E-state index in [0.29, 0.717) is 11.5 Å². The number of Topliss-reactive ketones (excluding diaryl/α,β-unsaturated/α-hetero) is 1. The fourth-order valence-corrected chi connectivity index (χ4v) is 3.13. The van der Waals surface area contributed by atoms with Crippen molar-refractivity contribution in [2.45, 2.75) is 26.2 Å². The van der Waals surface area contributed by atoms with E-state index in [9.17, 15) is 4.79 Å². The Labute approximate surface area is 112 Å². The van der Waals surface area contributed by atoms with Crippen LogP contribution in [0.15, 0.2) is 24.4 Å². The van der Waals surface area contributed by atoms with Crippen molar-refractivity contribution in [1.82, 2.24) is 4.98 Å². The maximum atomic E-state index is 12.6. The van der Waals surface area contributed by atoms with Crippen LogP contribution in [0, 0.1) is 23.2 Å². The number of aromatic nitrogens is 1. The molecule has 1 aromatic carbocycles. The molecule has 0 radical (unpaired) electrons. The molecule has 0 bridgehead atoms. The first-order chi connectivity index (χ1) is 9.20. The minimum atomic E-state index is 0.143. The molecule has 1 saturated carbocycles. The fraction of sp³-hybridized carbons (Fsp3) is 0.375. The van der Waals surface area contributed by atoms with Crippen molar-refractivity contribution in [3.8, 4) is 6.07 Å². The zero-order valence-corrected chi connectivity index (χ0v) is 10.9. The summed E-state index contributed by atoms with van der Waals surface area (Å²) in [5.74, 6) is 0.840. The molecule has 3 nitrogen and oxygen atoms in total. The maximum Gasteiger partial charge on any atom is 0.168 e. The van der Waals surface area contributed by atoms with Crippen LogP contribution in [0.1, 0.15) is 42.1 Å². The molecule has 1 aliphatic carbocycles. The van der Waals surface area contributed by atoms with Crippen molar-refractivity contribution in [2.24, 2.45) is 11.8 Å². The van der Waals surface area contributed by atoms with Gasteiger partial charge in [0.25, 0.3) is 0 Å². The van der Waals surface area contributed by atoms with Crippen molar-refractivity contribution in [3.05, 3.63) is 35.5 Å². The number of fused-ring (bicyclic) bond motifs is 1. The average molecular weight is 252 g/mol. The predicted octanol–water partition coefficient (Wildman–Crippen LogP) is 3.66. The summed E-state index contributed by atoms with van der Waals surface area (Å²) in [4.78, 5) is 15.8. The number of carbonyl (C=O) groups excluding carboxylic acids is 1. The molecule has 0 saturated heterocycles. The summed E-state index contributed by atoms with van der Waals surface area (Å²) < 4.78 is 0. The molecule has 2 aromatic rings. The molecule has 2 atom stereocenters. The Balaban J connectivity index is 2.05. The van der Waals surface area contributed by atoms with Gasteiger partial charge in [-0.15, -0.1) is 0 Å². The normalized spacial score (nSPS) is 22.5. The number of hydrogen-bond donors (Lipinski definition) is 1. The van der Waals surface area contributed by atoms with Crippen LogP contribution in [0.4, 0.5) is 0 Å². The highest BCUT2D eigenvalue weighted by atomic mass is 16.1. The summed E-state index contributed by atoms with van der Waals surface area (Å²) in [6, 6.07) is 7.57. The van der Waals surface area contributed by atoms with E-state index in [1.54, 1.807) is 18.3 Å². The smallest absolute Gasteiger partial charge is 0.168 e. The van der Waals surface area contributed by atoms with Gasteiger partial charge in [0.1, 0.15) is 0 Å². The Morgan fingerprint density at radius 3 is 2.95 bits per heavy atom. The third kappa shape index (κ3) is 1.94. The molecular weight excluding hydrogens is 236 g/mol. The largest absolute Gasteiger partial charge is 0.360 e. The third-order valence-electron chi connectivity index (χ3n) is 4.27. The van der Waals surface area contributed by atoms with Crippen LogP contribution in [0.5, 0.6) is 0 Å². The zero-order valence-electron chi connectivity index (χ0n) is 10.9. The van der Waals surface area contributed by atoms with Crippen LogP contribution in [0.2, 0.25) is 0 Å². The Hall–Kier alpha value is -2.08.